The summed E-state index contributed by atoms with van der Waals surface area (Å²) in [6, 6.07) is 21.1. The van der Waals surface area contributed by atoms with Crippen molar-refractivity contribution in [3.63, 3.8) is 0 Å². The Bertz CT molecular complexity index is 1600. The van der Waals surface area contributed by atoms with E-state index in [1.165, 1.54) is 12.1 Å². The van der Waals surface area contributed by atoms with Crippen molar-refractivity contribution in [2.45, 2.75) is 38.1 Å². The third-order valence-corrected chi connectivity index (χ3v) is 7.49. The number of aromatic nitrogens is 1. The van der Waals surface area contributed by atoms with Crippen LogP contribution in [0.25, 0.3) is 10.9 Å². The number of hydrogen-bond acceptors (Lipinski definition) is 6. The molecule has 0 saturated carbocycles. The summed E-state index contributed by atoms with van der Waals surface area (Å²) >= 11 is 0. The van der Waals surface area contributed by atoms with Gasteiger partial charge >= 0.3 is 5.97 Å². The van der Waals surface area contributed by atoms with Crippen LogP contribution in [-0.4, -0.2) is 68.6 Å². The summed E-state index contributed by atoms with van der Waals surface area (Å²) in [6.07, 6.45) is 0.984. The summed E-state index contributed by atoms with van der Waals surface area (Å²) < 4.78 is 0. The van der Waals surface area contributed by atoms with Gasteiger partial charge in [-0.2, -0.15) is 5.06 Å². The van der Waals surface area contributed by atoms with Gasteiger partial charge in [-0.25, -0.2) is 4.79 Å². The highest BCUT2D eigenvalue weighted by Gasteiger charge is 2.48. The van der Waals surface area contributed by atoms with Gasteiger partial charge in [0.1, 0.15) is 12.1 Å². The summed E-state index contributed by atoms with van der Waals surface area (Å²) in [5.41, 5.74) is 4.69. The van der Waals surface area contributed by atoms with E-state index < -0.39 is 30.1 Å². The Morgan fingerprint density at radius 2 is 1.69 bits per heavy atom. The highest BCUT2D eigenvalue weighted by atomic mass is 16.7. The number of nitrogens with zero attached hydrogens (tertiary/aromatic N) is 1. The van der Waals surface area contributed by atoms with Crippen LogP contribution >= 0.6 is 0 Å². The highest BCUT2D eigenvalue weighted by molar-refractivity contribution is 5.87. The number of aromatic carboxylic acids is 1. The smallest absolute Gasteiger partial charge is 0.335 e. The average molecular weight is 568 g/mol. The monoisotopic (exact) mass is 567 g/mol. The first-order valence-electron chi connectivity index (χ1n) is 13.8. The maximum Gasteiger partial charge on any atom is 0.335 e. The second kappa shape index (κ2) is 13.0. The second-order valence-corrected chi connectivity index (χ2v) is 10.4. The van der Waals surface area contributed by atoms with E-state index in [9.17, 15) is 19.8 Å². The predicted octanol–water partition coefficient (Wildman–Crippen LogP) is 3.10. The van der Waals surface area contributed by atoms with Gasteiger partial charge in [0.2, 0.25) is 5.91 Å². The summed E-state index contributed by atoms with van der Waals surface area (Å²) in [4.78, 5) is 33.7. The molecule has 0 bridgehead atoms. The molecule has 9 heteroatoms. The number of nitrogens with one attached hydrogen (secondary N) is 2. The Morgan fingerprint density at radius 3 is 2.33 bits per heavy atom. The molecule has 216 valence electrons. The largest absolute Gasteiger partial charge is 0.478 e. The Morgan fingerprint density at radius 1 is 1.02 bits per heavy atom. The molecule has 3 aromatic carbocycles. The lowest BCUT2D eigenvalue weighted by Crippen LogP contribution is -2.48. The van der Waals surface area contributed by atoms with Crippen molar-refractivity contribution < 1.29 is 29.7 Å². The van der Waals surface area contributed by atoms with Crippen molar-refractivity contribution in [3.05, 3.63) is 107 Å². The number of rotatable bonds is 9. The molecule has 1 aliphatic heterocycles. The first-order chi connectivity index (χ1) is 20.3. The molecule has 4 aromatic rings. The molecule has 1 amide bonds. The lowest BCUT2D eigenvalue weighted by Gasteiger charge is -2.24. The number of hydrogen-bond donors (Lipinski definition) is 5. The topological polar surface area (TPSA) is 135 Å². The number of H-pyrrole nitrogens is 1. The maximum absolute atomic E-state index is 13.4. The van der Waals surface area contributed by atoms with E-state index in [2.05, 4.69) is 22.1 Å². The molecule has 4 atom stereocenters. The minimum Gasteiger partial charge on any atom is -0.478 e. The molecule has 0 aliphatic carbocycles. The number of aliphatic hydroxyl groups is 2. The minimum atomic E-state index is -0.984. The van der Waals surface area contributed by atoms with E-state index in [-0.39, 0.29) is 24.6 Å². The number of carbonyl (C=O) groups is 2. The van der Waals surface area contributed by atoms with Gasteiger partial charge in [-0.3, -0.25) is 9.63 Å². The van der Waals surface area contributed by atoms with Gasteiger partial charge in [-0.15, -0.1) is 0 Å². The van der Waals surface area contributed by atoms with Gasteiger partial charge in [0.05, 0.1) is 24.8 Å². The quantitative estimate of drug-likeness (QED) is 0.196. The van der Waals surface area contributed by atoms with E-state index >= 15 is 0 Å². The fraction of sp³-hybridized carbons (Fsp3) is 0.273. The van der Waals surface area contributed by atoms with Gasteiger partial charge < -0.3 is 25.6 Å². The number of carbonyl (C=O) groups excluding carboxylic acids is 1. The lowest BCUT2D eigenvalue weighted by molar-refractivity contribution is -0.192. The number of carboxylic acids is 1. The van der Waals surface area contributed by atoms with Crippen molar-refractivity contribution >= 4 is 22.8 Å². The van der Waals surface area contributed by atoms with Crippen LogP contribution in [0.5, 0.6) is 0 Å². The Kier molecular flexibility index (Phi) is 9.00. The molecule has 5 rings (SSSR count). The third-order valence-electron chi connectivity index (χ3n) is 7.49. The van der Waals surface area contributed by atoms with Crippen LogP contribution in [-0.2, 0) is 22.6 Å². The minimum absolute atomic E-state index is 0.205. The van der Waals surface area contributed by atoms with Crippen molar-refractivity contribution in [2.75, 3.05) is 13.2 Å². The van der Waals surface area contributed by atoms with Gasteiger partial charge in [0.15, 0.2) is 0 Å². The van der Waals surface area contributed by atoms with E-state index in [1.807, 2.05) is 54.7 Å². The molecular weight excluding hydrogens is 534 g/mol. The van der Waals surface area contributed by atoms with Crippen LogP contribution in [0, 0.1) is 17.8 Å². The molecule has 9 nitrogen and oxygen atoms in total. The van der Waals surface area contributed by atoms with Crippen LogP contribution in [0.4, 0.5) is 0 Å². The van der Waals surface area contributed by atoms with E-state index in [0.717, 1.165) is 27.6 Å². The zero-order valence-electron chi connectivity index (χ0n) is 23.2. The SMILES string of the molecule is C[C@H](O)C1ON(Cc2ccc(C#Cc3ccc(C(=O)O)cc3)cc2)C(C(=O)NCCc2c[nH]c3ccccc23)C1CO. The van der Waals surface area contributed by atoms with Crippen LogP contribution < -0.4 is 5.32 Å². The molecule has 3 unspecified atom stereocenters. The highest BCUT2D eigenvalue weighted by Crippen LogP contribution is 2.31. The van der Waals surface area contributed by atoms with E-state index in [4.69, 9.17) is 9.94 Å². The lowest BCUT2D eigenvalue weighted by atomic mass is 9.92. The van der Waals surface area contributed by atoms with Crippen LogP contribution in [0.3, 0.4) is 0 Å². The Balaban J connectivity index is 1.25. The molecular formula is C33H33N3O6. The fourth-order valence-corrected chi connectivity index (χ4v) is 5.28. The number of amides is 1. The van der Waals surface area contributed by atoms with Crippen molar-refractivity contribution in [2.24, 2.45) is 5.92 Å². The molecule has 42 heavy (non-hydrogen) atoms. The number of carboxylic acid groups (broad SMARTS) is 1. The molecule has 1 aromatic heterocycles. The second-order valence-electron chi connectivity index (χ2n) is 10.4. The number of hydroxylamine groups is 2. The van der Waals surface area contributed by atoms with Gasteiger partial charge in [-0.1, -0.05) is 42.2 Å². The first kappa shape index (κ1) is 29.0. The molecule has 5 N–H and O–H groups in total. The standard InChI is InChI=1S/C33H33N3O6/c1-21(38)31-28(20-37)30(32(39)34-17-16-26-18-35-29-5-3-2-4-27(26)29)36(42-31)19-24-10-8-22(9-11-24)6-7-23-12-14-25(15-13-23)33(40)41/h2-5,8-15,18,21,28,30-31,35,37-38H,16-17,19-20H2,1H3,(H,34,39)(H,40,41)/t21-,28?,30?,31?/m0/s1. The number of aromatic amines is 1. The maximum atomic E-state index is 13.4. The number of aliphatic hydroxyl groups excluding tert-OH is 2. The van der Waals surface area contributed by atoms with Crippen molar-refractivity contribution in [1.29, 1.82) is 0 Å². The van der Waals surface area contributed by atoms with Crippen molar-refractivity contribution in [1.82, 2.24) is 15.4 Å². The van der Waals surface area contributed by atoms with Crippen LogP contribution in [0.15, 0.2) is 79.0 Å². The van der Waals surface area contributed by atoms with Gasteiger partial charge in [-0.05, 0) is 66.9 Å². The molecule has 1 fully saturated rings. The molecule has 0 spiro atoms. The number of benzene rings is 3. The summed E-state index contributed by atoms with van der Waals surface area (Å²) in [6.45, 7) is 1.96. The van der Waals surface area contributed by atoms with Gasteiger partial charge in [0, 0.05) is 40.7 Å². The van der Waals surface area contributed by atoms with E-state index in [0.29, 0.717) is 18.5 Å². The normalized spacial score (nSPS) is 19.3. The predicted molar refractivity (Wildman–Crippen MR) is 157 cm³/mol. The van der Waals surface area contributed by atoms with E-state index in [1.54, 1.807) is 24.1 Å². The van der Waals surface area contributed by atoms with Crippen molar-refractivity contribution in [3.8, 4) is 11.8 Å². The Labute approximate surface area is 243 Å². The summed E-state index contributed by atoms with van der Waals surface area (Å²) in [5, 5.41) is 35.2. The number of para-hydroxylation sites is 1. The van der Waals surface area contributed by atoms with Crippen LogP contribution in [0.1, 0.15) is 39.5 Å². The summed E-state index contributed by atoms with van der Waals surface area (Å²) in [7, 11) is 0. The molecule has 1 aliphatic rings. The van der Waals surface area contributed by atoms with Gasteiger partial charge in [0.25, 0.3) is 0 Å². The molecule has 1 saturated heterocycles. The zero-order chi connectivity index (χ0) is 29.6. The number of fused-ring (bicyclic) bond motifs is 1. The summed E-state index contributed by atoms with van der Waals surface area (Å²) in [5.74, 6) is 4.24. The first-order valence-corrected chi connectivity index (χ1v) is 13.8. The zero-order valence-corrected chi connectivity index (χ0v) is 23.2. The van der Waals surface area contributed by atoms with Crippen LogP contribution in [0.2, 0.25) is 0 Å². The third kappa shape index (κ3) is 6.54. The fourth-order valence-electron chi connectivity index (χ4n) is 5.28. The Hall–Kier alpha value is -4.46. The molecule has 2 heterocycles. The molecule has 0 radical (unpaired) electrons. The average Bonchev–Trinajstić information content (AvgIpc) is 3.58.